The fourth-order valence-corrected chi connectivity index (χ4v) is 1.96. The Bertz CT molecular complexity index is 502. The standard InChI is InChI=1S/C13H12ClFN2/c14-12-7-9(15)4-5-11(12)13(16)8-10-3-1-2-6-17-10/h1-7,13H,8,16H2. The van der Waals surface area contributed by atoms with Crippen LogP contribution in [0.3, 0.4) is 0 Å². The van der Waals surface area contributed by atoms with E-state index in [1.54, 1.807) is 12.3 Å². The smallest absolute Gasteiger partial charge is 0.124 e. The molecule has 0 bridgehead atoms. The lowest BCUT2D eigenvalue weighted by Crippen LogP contribution is -2.14. The van der Waals surface area contributed by atoms with E-state index in [1.807, 2.05) is 18.2 Å². The van der Waals surface area contributed by atoms with Crippen molar-refractivity contribution in [2.24, 2.45) is 5.73 Å². The van der Waals surface area contributed by atoms with Crippen molar-refractivity contribution >= 4 is 11.6 Å². The summed E-state index contributed by atoms with van der Waals surface area (Å²) in [5, 5.41) is 0.355. The Labute approximate surface area is 104 Å². The van der Waals surface area contributed by atoms with Crippen LogP contribution in [0, 0.1) is 5.82 Å². The Hall–Kier alpha value is -1.45. The minimum absolute atomic E-state index is 0.280. The van der Waals surface area contributed by atoms with Crippen molar-refractivity contribution in [2.45, 2.75) is 12.5 Å². The molecule has 0 aliphatic rings. The van der Waals surface area contributed by atoms with Gasteiger partial charge in [-0.05, 0) is 29.8 Å². The summed E-state index contributed by atoms with van der Waals surface area (Å²) >= 11 is 5.95. The van der Waals surface area contributed by atoms with Crippen LogP contribution in [0.2, 0.25) is 5.02 Å². The minimum atomic E-state index is -0.358. The van der Waals surface area contributed by atoms with E-state index >= 15 is 0 Å². The second kappa shape index (κ2) is 5.25. The number of hydrogen-bond donors (Lipinski definition) is 1. The predicted octanol–water partition coefficient (Wildman–Crippen LogP) is 3.12. The van der Waals surface area contributed by atoms with E-state index in [1.165, 1.54) is 12.1 Å². The molecule has 1 aromatic carbocycles. The lowest BCUT2D eigenvalue weighted by molar-refractivity contribution is 0.624. The van der Waals surface area contributed by atoms with Crippen molar-refractivity contribution in [2.75, 3.05) is 0 Å². The summed E-state index contributed by atoms with van der Waals surface area (Å²) in [6.07, 6.45) is 2.29. The second-order valence-corrected chi connectivity index (χ2v) is 4.20. The Kier molecular flexibility index (Phi) is 3.71. The lowest BCUT2D eigenvalue weighted by atomic mass is 10.0. The fraction of sp³-hybridized carbons (Fsp3) is 0.154. The van der Waals surface area contributed by atoms with Crippen molar-refractivity contribution in [1.82, 2.24) is 4.98 Å². The van der Waals surface area contributed by atoms with Gasteiger partial charge >= 0.3 is 0 Å². The van der Waals surface area contributed by atoms with Gasteiger partial charge in [0.1, 0.15) is 5.82 Å². The summed E-state index contributed by atoms with van der Waals surface area (Å²) in [6.45, 7) is 0. The van der Waals surface area contributed by atoms with E-state index in [0.717, 1.165) is 11.3 Å². The monoisotopic (exact) mass is 250 g/mol. The molecule has 0 fully saturated rings. The van der Waals surface area contributed by atoms with Crippen molar-refractivity contribution in [1.29, 1.82) is 0 Å². The molecule has 1 unspecified atom stereocenters. The molecule has 0 aliphatic carbocycles. The van der Waals surface area contributed by atoms with Gasteiger partial charge in [-0.25, -0.2) is 4.39 Å². The molecule has 2 nitrogen and oxygen atoms in total. The first-order chi connectivity index (χ1) is 8.16. The molecule has 0 aliphatic heterocycles. The van der Waals surface area contributed by atoms with Crippen LogP contribution in [-0.2, 0) is 6.42 Å². The number of benzene rings is 1. The molecule has 0 radical (unpaired) electrons. The molecule has 17 heavy (non-hydrogen) atoms. The third-order valence-electron chi connectivity index (χ3n) is 2.52. The quantitative estimate of drug-likeness (QED) is 0.909. The summed E-state index contributed by atoms with van der Waals surface area (Å²) in [5.74, 6) is -0.358. The average molecular weight is 251 g/mol. The van der Waals surface area contributed by atoms with E-state index in [-0.39, 0.29) is 11.9 Å². The molecular formula is C13H12ClFN2. The summed E-state index contributed by atoms with van der Waals surface area (Å²) in [4.78, 5) is 4.19. The van der Waals surface area contributed by atoms with Gasteiger partial charge in [-0.15, -0.1) is 0 Å². The van der Waals surface area contributed by atoms with Crippen LogP contribution in [0.25, 0.3) is 0 Å². The van der Waals surface area contributed by atoms with E-state index < -0.39 is 0 Å². The van der Waals surface area contributed by atoms with E-state index in [2.05, 4.69) is 4.98 Å². The van der Waals surface area contributed by atoms with Crippen LogP contribution < -0.4 is 5.73 Å². The fourth-order valence-electron chi connectivity index (χ4n) is 1.66. The van der Waals surface area contributed by atoms with Crippen LogP contribution in [0.1, 0.15) is 17.3 Å². The SMILES string of the molecule is NC(Cc1ccccn1)c1ccc(F)cc1Cl. The van der Waals surface area contributed by atoms with Crippen LogP contribution in [0.15, 0.2) is 42.6 Å². The third kappa shape index (κ3) is 3.02. The van der Waals surface area contributed by atoms with Crippen molar-refractivity contribution in [3.8, 4) is 0 Å². The van der Waals surface area contributed by atoms with Gasteiger partial charge in [-0.2, -0.15) is 0 Å². The van der Waals surface area contributed by atoms with E-state index in [0.29, 0.717) is 11.4 Å². The van der Waals surface area contributed by atoms with Gasteiger partial charge in [0.05, 0.1) is 0 Å². The summed E-state index contributed by atoms with van der Waals surface area (Å²) in [6, 6.07) is 9.62. The lowest BCUT2D eigenvalue weighted by Gasteiger charge is -2.13. The maximum atomic E-state index is 12.9. The second-order valence-electron chi connectivity index (χ2n) is 3.80. The van der Waals surface area contributed by atoms with Gasteiger partial charge in [0.2, 0.25) is 0 Å². The molecule has 2 rings (SSSR count). The Morgan fingerprint density at radius 2 is 2.12 bits per heavy atom. The maximum absolute atomic E-state index is 12.9. The minimum Gasteiger partial charge on any atom is -0.324 e. The normalized spacial score (nSPS) is 12.4. The molecule has 0 saturated carbocycles. The first-order valence-corrected chi connectivity index (χ1v) is 5.65. The molecule has 2 aromatic rings. The number of aromatic nitrogens is 1. The van der Waals surface area contributed by atoms with Crippen LogP contribution in [-0.4, -0.2) is 4.98 Å². The number of halogens is 2. The zero-order valence-corrected chi connectivity index (χ0v) is 9.86. The molecule has 0 saturated heterocycles. The highest BCUT2D eigenvalue weighted by Gasteiger charge is 2.12. The van der Waals surface area contributed by atoms with E-state index in [9.17, 15) is 4.39 Å². The van der Waals surface area contributed by atoms with E-state index in [4.69, 9.17) is 17.3 Å². The highest BCUT2D eigenvalue weighted by Crippen LogP contribution is 2.24. The molecule has 88 valence electrons. The predicted molar refractivity (Wildman–Crippen MR) is 66.3 cm³/mol. The first-order valence-electron chi connectivity index (χ1n) is 5.27. The number of rotatable bonds is 3. The van der Waals surface area contributed by atoms with Crippen molar-refractivity contribution in [3.05, 3.63) is 64.7 Å². The van der Waals surface area contributed by atoms with Crippen LogP contribution in [0.5, 0.6) is 0 Å². The van der Waals surface area contributed by atoms with Gasteiger partial charge in [-0.1, -0.05) is 23.7 Å². The van der Waals surface area contributed by atoms with Crippen molar-refractivity contribution < 1.29 is 4.39 Å². The van der Waals surface area contributed by atoms with Gasteiger partial charge in [-0.3, -0.25) is 4.98 Å². The highest BCUT2D eigenvalue weighted by atomic mass is 35.5. The number of nitrogens with two attached hydrogens (primary N) is 1. The molecular weight excluding hydrogens is 239 g/mol. The Morgan fingerprint density at radius 3 is 2.76 bits per heavy atom. The third-order valence-corrected chi connectivity index (χ3v) is 2.84. The molecule has 1 heterocycles. The molecule has 0 amide bonds. The maximum Gasteiger partial charge on any atom is 0.124 e. The van der Waals surface area contributed by atoms with Gasteiger partial charge in [0.25, 0.3) is 0 Å². The average Bonchev–Trinajstić information content (AvgIpc) is 2.30. The first kappa shape index (κ1) is 12.0. The van der Waals surface area contributed by atoms with Crippen molar-refractivity contribution in [3.63, 3.8) is 0 Å². The van der Waals surface area contributed by atoms with Crippen LogP contribution >= 0.6 is 11.6 Å². The van der Waals surface area contributed by atoms with Gasteiger partial charge in [0.15, 0.2) is 0 Å². The molecule has 2 N–H and O–H groups in total. The van der Waals surface area contributed by atoms with Crippen LogP contribution in [0.4, 0.5) is 4.39 Å². The molecule has 1 aromatic heterocycles. The Morgan fingerprint density at radius 1 is 1.29 bits per heavy atom. The molecule has 1 atom stereocenters. The zero-order valence-electron chi connectivity index (χ0n) is 9.11. The Balaban J connectivity index is 2.17. The highest BCUT2D eigenvalue weighted by molar-refractivity contribution is 6.31. The molecule has 0 spiro atoms. The van der Waals surface area contributed by atoms with Gasteiger partial charge < -0.3 is 5.73 Å². The number of nitrogens with zero attached hydrogens (tertiary/aromatic N) is 1. The summed E-state index contributed by atoms with van der Waals surface area (Å²) in [5.41, 5.74) is 7.66. The summed E-state index contributed by atoms with van der Waals surface area (Å²) in [7, 11) is 0. The zero-order chi connectivity index (χ0) is 12.3. The molecule has 4 heteroatoms. The number of pyridine rings is 1. The summed E-state index contributed by atoms with van der Waals surface area (Å²) < 4.78 is 12.9. The topological polar surface area (TPSA) is 38.9 Å². The van der Waals surface area contributed by atoms with Gasteiger partial charge in [0, 0.05) is 29.4 Å². The number of hydrogen-bond acceptors (Lipinski definition) is 2. The largest absolute Gasteiger partial charge is 0.324 e.